The van der Waals surface area contributed by atoms with Crippen molar-refractivity contribution in [2.24, 2.45) is 11.7 Å². The topological polar surface area (TPSA) is 68.0 Å². The van der Waals surface area contributed by atoms with Crippen molar-refractivity contribution in [2.45, 2.75) is 38.6 Å². The Kier molecular flexibility index (Phi) is 3.88. The molecule has 0 bridgehead atoms. The molecule has 0 radical (unpaired) electrons. The van der Waals surface area contributed by atoms with Crippen LogP contribution in [0.25, 0.3) is 10.9 Å². The van der Waals surface area contributed by atoms with E-state index >= 15 is 0 Å². The Morgan fingerprint density at radius 1 is 1.29 bits per heavy atom. The van der Waals surface area contributed by atoms with Crippen LogP contribution in [0.5, 0.6) is 0 Å². The van der Waals surface area contributed by atoms with E-state index in [1.165, 1.54) is 0 Å². The first kappa shape index (κ1) is 14.0. The largest absolute Gasteiger partial charge is 0.328 e. The first-order chi connectivity index (χ1) is 10.1. The molecular weight excluding hydrogens is 262 g/mol. The lowest BCUT2D eigenvalue weighted by atomic mass is 9.85. The van der Waals surface area contributed by atoms with Crippen LogP contribution < -0.4 is 11.1 Å². The number of amides is 1. The number of aromatic nitrogens is 1. The highest BCUT2D eigenvalue weighted by atomic mass is 16.1. The van der Waals surface area contributed by atoms with E-state index in [0.29, 0.717) is 0 Å². The summed E-state index contributed by atoms with van der Waals surface area (Å²) in [4.78, 5) is 17.0. The normalized spacial score (nSPS) is 22.2. The minimum absolute atomic E-state index is 0.0221. The number of carbonyl (C=O) groups excluding carboxylic acids is 1. The Morgan fingerprint density at radius 3 is 2.95 bits per heavy atom. The first-order valence-electron chi connectivity index (χ1n) is 7.56. The van der Waals surface area contributed by atoms with Crippen LogP contribution in [0, 0.1) is 12.8 Å². The highest BCUT2D eigenvalue weighted by Gasteiger charge is 2.25. The van der Waals surface area contributed by atoms with Gasteiger partial charge < -0.3 is 11.1 Å². The summed E-state index contributed by atoms with van der Waals surface area (Å²) >= 11 is 0. The molecule has 3 rings (SSSR count). The van der Waals surface area contributed by atoms with Gasteiger partial charge in [-0.25, -0.2) is 0 Å². The second-order valence-corrected chi connectivity index (χ2v) is 5.94. The number of nitrogens with one attached hydrogen (secondary N) is 1. The van der Waals surface area contributed by atoms with Crippen LogP contribution in [0.4, 0.5) is 5.69 Å². The molecule has 2 atom stereocenters. The zero-order valence-electron chi connectivity index (χ0n) is 12.3. The third-order valence-corrected chi connectivity index (χ3v) is 4.20. The number of nitrogens with zero attached hydrogens (tertiary/aromatic N) is 1. The molecule has 1 heterocycles. The maximum atomic E-state index is 12.4. The zero-order chi connectivity index (χ0) is 14.8. The fraction of sp³-hybridized carbons (Fsp3) is 0.412. The number of fused-ring (bicyclic) bond motifs is 1. The van der Waals surface area contributed by atoms with Crippen LogP contribution in [0.1, 0.15) is 31.4 Å². The van der Waals surface area contributed by atoms with Crippen molar-refractivity contribution >= 4 is 22.5 Å². The Bertz CT molecular complexity index is 668. The summed E-state index contributed by atoms with van der Waals surface area (Å²) in [5, 5.41) is 4.09. The van der Waals surface area contributed by atoms with Crippen LogP contribution >= 0.6 is 0 Å². The lowest BCUT2D eigenvalue weighted by molar-refractivity contribution is -0.120. The molecule has 1 amide bonds. The quantitative estimate of drug-likeness (QED) is 0.890. The van der Waals surface area contributed by atoms with Crippen molar-refractivity contribution in [3.05, 3.63) is 36.0 Å². The van der Waals surface area contributed by atoms with Gasteiger partial charge >= 0.3 is 0 Å². The molecule has 1 saturated carbocycles. The third kappa shape index (κ3) is 3.05. The molecule has 2 unspecified atom stereocenters. The first-order valence-corrected chi connectivity index (χ1v) is 7.56. The molecule has 3 N–H and O–H groups in total. The monoisotopic (exact) mass is 283 g/mol. The van der Waals surface area contributed by atoms with Crippen molar-refractivity contribution < 1.29 is 4.79 Å². The second kappa shape index (κ2) is 5.82. The number of anilines is 1. The van der Waals surface area contributed by atoms with E-state index in [9.17, 15) is 4.79 Å². The number of para-hydroxylation sites is 1. The highest BCUT2D eigenvalue weighted by Crippen LogP contribution is 2.26. The number of aryl methyl sites for hydroxylation is 1. The summed E-state index contributed by atoms with van der Waals surface area (Å²) in [5.41, 5.74) is 8.57. The number of pyridine rings is 1. The minimum atomic E-state index is 0.0221. The standard InChI is InChI=1S/C17H21N3O/c1-11-8-9-12-4-3-7-15(16(12)19-11)20-17(21)13-5-2-6-14(18)10-13/h3-4,7-9,13-14H,2,5-6,10,18H2,1H3,(H,20,21). The van der Waals surface area contributed by atoms with Gasteiger partial charge in [-0.3, -0.25) is 9.78 Å². The second-order valence-electron chi connectivity index (χ2n) is 5.94. The number of benzene rings is 1. The number of nitrogens with two attached hydrogens (primary N) is 1. The van der Waals surface area contributed by atoms with E-state index in [4.69, 9.17) is 5.73 Å². The van der Waals surface area contributed by atoms with E-state index in [1.807, 2.05) is 37.3 Å². The molecular formula is C17H21N3O. The molecule has 2 aromatic rings. The number of rotatable bonds is 2. The van der Waals surface area contributed by atoms with E-state index in [0.717, 1.165) is 48.0 Å². The molecule has 0 aliphatic heterocycles. The number of hydrogen-bond acceptors (Lipinski definition) is 3. The molecule has 0 spiro atoms. The molecule has 1 fully saturated rings. The highest BCUT2D eigenvalue weighted by molar-refractivity contribution is 6.01. The third-order valence-electron chi connectivity index (χ3n) is 4.20. The molecule has 1 aromatic carbocycles. The van der Waals surface area contributed by atoms with Gasteiger partial charge in [-0.1, -0.05) is 24.6 Å². The van der Waals surface area contributed by atoms with E-state index < -0.39 is 0 Å². The van der Waals surface area contributed by atoms with Gasteiger partial charge in [0.1, 0.15) is 0 Å². The molecule has 4 heteroatoms. The number of carbonyl (C=O) groups is 1. The molecule has 0 saturated heterocycles. The van der Waals surface area contributed by atoms with Crippen LogP contribution in [0.15, 0.2) is 30.3 Å². The summed E-state index contributed by atoms with van der Waals surface area (Å²) < 4.78 is 0. The Balaban J connectivity index is 1.84. The Hall–Kier alpha value is -1.94. The molecule has 1 aliphatic carbocycles. The Morgan fingerprint density at radius 2 is 2.14 bits per heavy atom. The summed E-state index contributed by atoms with van der Waals surface area (Å²) in [6.45, 7) is 1.96. The summed E-state index contributed by atoms with van der Waals surface area (Å²) in [5.74, 6) is 0.0924. The molecule has 1 aromatic heterocycles. The van der Waals surface area contributed by atoms with Crippen molar-refractivity contribution in [3.8, 4) is 0 Å². The lowest BCUT2D eigenvalue weighted by Crippen LogP contribution is -2.34. The van der Waals surface area contributed by atoms with Gasteiger partial charge in [0.2, 0.25) is 5.91 Å². The summed E-state index contributed by atoms with van der Waals surface area (Å²) in [6.07, 6.45) is 3.77. The fourth-order valence-corrected chi connectivity index (χ4v) is 3.05. The lowest BCUT2D eigenvalue weighted by Gasteiger charge is -2.25. The number of hydrogen-bond donors (Lipinski definition) is 2. The van der Waals surface area contributed by atoms with Gasteiger partial charge in [-0.05, 0) is 38.3 Å². The predicted octanol–water partition coefficient (Wildman–Crippen LogP) is 3.00. The van der Waals surface area contributed by atoms with Crippen LogP contribution in [0.2, 0.25) is 0 Å². The smallest absolute Gasteiger partial charge is 0.227 e. The minimum Gasteiger partial charge on any atom is -0.328 e. The zero-order valence-corrected chi connectivity index (χ0v) is 12.3. The van der Waals surface area contributed by atoms with Gasteiger partial charge in [0.15, 0.2) is 0 Å². The maximum absolute atomic E-state index is 12.4. The molecule has 110 valence electrons. The molecule has 1 aliphatic rings. The predicted molar refractivity (Wildman–Crippen MR) is 85.0 cm³/mol. The van der Waals surface area contributed by atoms with Gasteiger partial charge in [-0.15, -0.1) is 0 Å². The van der Waals surface area contributed by atoms with Crippen molar-refractivity contribution in [3.63, 3.8) is 0 Å². The SMILES string of the molecule is Cc1ccc2cccc(NC(=O)C3CCCC(N)C3)c2n1. The summed E-state index contributed by atoms with van der Waals surface area (Å²) in [7, 11) is 0. The Labute approximate surface area is 124 Å². The summed E-state index contributed by atoms with van der Waals surface area (Å²) in [6, 6.07) is 10.0. The van der Waals surface area contributed by atoms with Gasteiger partial charge in [-0.2, -0.15) is 0 Å². The van der Waals surface area contributed by atoms with Gasteiger partial charge in [0.05, 0.1) is 11.2 Å². The van der Waals surface area contributed by atoms with Gasteiger partial charge in [0, 0.05) is 23.0 Å². The van der Waals surface area contributed by atoms with E-state index in [2.05, 4.69) is 10.3 Å². The van der Waals surface area contributed by atoms with E-state index in [-0.39, 0.29) is 17.9 Å². The molecule has 4 nitrogen and oxygen atoms in total. The van der Waals surface area contributed by atoms with E-state index in [1.54, 1.807) is 0 Å². The molecule has 21 heavy (non-hydrogen) atoms. The maximum Gasteiger partial charge on any atom is 0.227 e. The van der Waals surface area contributed by atoms with Crippen molar-refractivity contribution in [1.29, 1.82) is 0 Å². The van der Waals surface area contributed by atoms with Crippen LogP contribution in [-0.4, -0.2) is 16.9 Å². The van der Waals surface area contributed by atoms with Crippen LogP contribution in [-0.2, 0) is 4.79 Å². The average molecular weight is 283 g/mol. The average Bonchev–Trinajstić information content (AvgIpc) is 2.48. The van der Waals surface area contributed by atoms with Crippen molar-refractivity contribution in [2.75, 3.05) is 5.32 Å². The van der Waals surface area contributed by atoms with Crippen molar-refractivity contribution in [1.82, 2.24) is 4.98 Å². The van der Waals surface area contributed by atoms with Gasteiger partial charge in [0.25, 0.3) is 0 Å². The fourth-order valence-electron chi connectivity index (χ4n) is 3.05. The van der Waals surface area contributed by atoms with Crippen LogP contribution in [0.3, 0.4) is 0 Å².